The van der Waals surface area contributed by atoms with Crippen molar-refractivity contribution < 1.29 is 4.79 Å². The van der Waals surface area contributed by atoms with Gasteiger partial charge in [0.25, 0.3) is 0 Å². The van der Waals surface area contributed by atoms with Crippen LogP contribution in [0.3, 0.4) is 0 Å². The zero-order valence-electron chi connectivity index (χ0n) is 9.21. The Labute approximate surface area is 101 Å². The molecule has 4 nitrogen and oxygen atoms in total. The Balaban J connectivity index is 2.16. The third-order valence-electron chi connectivity index (χ3n) is 2.87. The zero-order valence-corrected chi connectivity index (χ0v) is 10.1. The van der Waals surface area contributed by atoms with Gasteiger partial charge in [0.2, 0.25) is 0 Å². The van der Waals surface area contributed by atoms with Gasteiger partial charge in [-0.1, -0.05) is 6.07 Å². The van der Waals surface area contributed by atoms with Gasteiger partial charge in [-0.15, -0.1) is 0 Å². The van der Waals surface area contributed by atoms with Gasteiger partial charge in [-0.3, -0.25) is 4.98 Å². The Morgan fingerprint density at radius 1 is 1.62 bits per heavy atom. The minimum absolute atomic E-state index is 0.0721. The summed E-state index contributed by atoms with van der Waals surface area (Å²) < 4.78 is 0. The molecular formula is C11H15N3OS. The standard InChI is InChI=1S/C11H15N3OS/c1-13-10(9-3-2-4-12-7-9)8-14(5-6-16)11(13)15/h2-4,7,10,16H,5-6,8H2,1H3. The predicted molar refractivity (Wildman–Crippen MR) is 65.6 cm³/mol. The smallest absolute Gasteiger partial charge is 0.320 e. The monoisotopic (exact) mass is 237 g/mol. The van der Waals surface area contributed by atoms with Crippen molar-refractivity contribution in [3.8, 4) is 0 Å². The van der Waals surface area contributed by atoms with E-state index in [0.717, 1.165) is 12.1 Å². The highest BCUT2D eigenvalue weighted by atomic mass is 32.1. The minimum Gasteiger partial charge on any atom is -0.321 e. The number of urea groups is 1. The first-order valence-corrected chi connectivity index (χ1v) is 5.90. The third-order valence-corrected chi connectivity index (χ3v) is 3.07. The van der Waals surface area contributed by atoms with Crippen molar-refractivity contribution >= 4 is 18.7 Å². The van der Waals surface area contributed by atoms with Crippen LogP contribution in [0.4, 0.5) is 4.79 Å². The van der Waals surface area contributed by atoms with Gasteiger partial charge in [-0.2, -0.15) is 12.6 Å². The molecule has 1 aliphatic rings. The SMILES string of the molecule is CN1C(=O)N(CCS)CC1c1cccnc1. The quantitative estimate of drug-likeness (QED) is 0.807. The number of likely N-dealkylation sites (N-methyl/N-ethyl adjacent to an activating group) is 1. The molecule has 0 spiro atoms. The maximum atomic E-state index is 11.9. The summed E-state index contributed by atoms with van der Waals surface area (Å²) in [5, 5.41) is 0. The molecular weight excluding hydrogens is 222 g/mol. The molecule has 0 N–H and O–H groups in total. The largest absolute Gasteiger partial charge is 0.321 e. The highest BCUT2D eigenvalue weighted by Gasteiger charge is 2.34. The predicted octanol–water partition coefficient (Wildman–Crippen LogP) is 1.42. The average molecular weight is 237 g/mol. The number of pyridine rings is 1. The zero-order chi connectivity index (χ0) is 11.5. The Morgan fingerprint density at radius 3 is 3.06 bits per heavy atom. The lowest BCUT2D eigenvalue weighted by Gasteiger charge is -2.17. The van der Waals surface area contributed by atoms with Crippen LogP contribution >= 0.6 is 12.6 Å². The molecule has 1 aromatic heterocycles. The Morgan fingerprint density at radius 2 is 2.44 bits per heavy atom. The fraction of sp³-hybridized carbons (Fsp3) is 0.455. The summed E-state index contributed by atoms with van der Waals surface area (Å²) in [5.41, 5.74) is 1.08. The number of nitrogens with zero attached hydrogens (tertiary/aromatic N) is 3. The fourth-order valence-electron chi connectivity index (χ4n) is 1.98. The second kappa shape index (κ2) is 4.74. The second-order valence-corrected chi connectivity index (χ2v) is 4.31. The summed E-state index contributed by atoms with van der Waals surface area (Å²) >= 11 is 4.16. The molecule has 1 atom stereocenters. The van der Waals surface area contributed by atoms with Crippen molar-refractivity contribution in [2.75, 3.05) is 25.9 Å². The number of hydrogen-bond acceptors (Lipinski definition) is 3. The van der Waals surface area contributed by atoms with Crippen LogP contribution in [-0.4, -0.2) is 46.7 Å². The summed E-state index contributed by atoms with van der Waals surface area (Å²) in [6.45, 7) is 1.42. The fourth-order valence-corrected chi connectivity index (χ4v) is 2.22. The molecule has 0 radical (unpaired) electrons. The van der Waals surface area contributed by atoms with E-state index in [0.29, 0.717) is 12.3 Å². The summed E-state index contributed by atoms with van der Waals surface area (Å²) in [6, 6.07) is 4.09. The van der Waals surface area contributed by atoms with E-state index in [4.69, 9.17) is 0 Å². The number of carbonyl (C=O) groups excluding carboxylic acids is 1. The Hall–Kier alpha value is -1.23. The molecule has 1 aromatic rings. The van der Waals surface area contributed by atoms with E-state index in [1.165, 1.54) is 0 Å². The summed E-state index contributed by atoms with van der Waals surface area (Å²) in [5.74, 6) is 0.694. The molecule has 1 unspecified atom stereocenters. The van der Waals surface area contributed by atoms with Crippen LogP contribution in [0, 0.1) is 0 Å². The number of hydrogen-bond donors (Lipinski definition) is 1. The van der Waals surface area contributed by atoms with E-state index in [1.807, 2.05) is 30.3 Å². The maximum Gasteiger partial charge on any atom is 0.320 e. The first-order valence-electron chi connectivity index (χ1n) is 5.26. The Kier molecular flexibility index (Phi) is 3.33. The lowest BCUT2D eigenvalue weighted by molar-refractivity contribution is 0.197. The van der Waals surface area contributed by atoms with Gasteiger partial charge in [0.15, 0.2) is 0 Å². The number of aromatic nitrogens is 1. The van der Waals surface area contributed by atoms with E-state index in [-0.39, 0.29) is 12.1 Å². The topological polar surface area (TPSA) is 36.4 Å². The molecule has 5 heteroatoms. The minimum atomic E-state index is 0.0721. The van der Waals surface area contributed by atoms with Crippen LogP contribution in [0.15, 0.2) is 24.5 Å². The van der Waals surface area contributed by atoms with Crippen molar-refractivity contribution in [1.29, 1.82) is 0 Å². The van der Waals surface area contributed by atoms with E-state index in [1.54, 1.807) is 11.1 Å². The summed E-state index contributed by atoms with van der Waals surface area (Å²) in [7, 11) is 1.83. The maximum absolute atomic E-state index is 11.9. The van der Waals surface area contributed by atoms with Crippen molar-refractivity contribution in [1.82, 2.24) is 14.8 Å². The number of amides is 2. The van der Waals surface area contributed by atoms with E-state index < -0.39 is 0 Å². The molecule has 86 valence electrons. The molecule has 0 saturated carbocycles. The summed E-state index contributed by atoms with van der Waals surface area (Å²) in [6.07, 6.45) is 3.56. The van der Waals surface area contributed by atoms with Gasteiger partial charge < -0.3 is 9.80 Å². The van der Waals surface area contributed by atoms with Gasteiger partial charge in [-0.05, 0) is 11.6 Å². The van der Waals surface area contributed by atoms with Crippen molar-refractivity contribution in [3.63, 3.8) is 0 Å². The van der Waals surface area contributed by atoms with Crippen molar-refractivity contribution in [3.05, 3.63) is 30.1 Å². The van der Waals surface area contributed by atoms with E-state index in [2.05, 4.69) is 17.6 Å². The molecule has 2 amide bonds. The van der Waals surface area contributed by atoms with Gasteiger partial charge in [0, 0.05) is 38.3 Å². The summed E-state index contributed by atoms with van der Waals surface area (Å²) in [4.78, 5) is 19.6. The van der Waals surface area contributed by atoms with Gasteiger partial charge in [0.1, 0.15) is 0 Å². The highest BCUT2D eigenvalue weighted by Crippen LogP contribution is 2.27. The molecule has 16 heavy (non-hydrogen) atoms. The Bertz CT molecular complexity index is 371. The molecule has 0 aliphatic carbocycles. The normalized spacial score (nSPS) is 20.6. The van der Waals surface area contributed by atoms with E-state index >= 15 is 0 Å². The van der Waals surface area contributed by atoms with Crippen LogP contribution in [-0.2, 0) is 0 Å². The lowest BCUT2D eigenvalue weighted by Crippen LogP contribution is -2.31. The first-order chi connectivity index (χ1) is 7.74. The van der Waals surface area contributed by atoms with Crippen LogP contribution < -0.4 is 0 Å². The molecule has 1 fully saturated rings. The number of carbonyl (C=O) groups is 1. The highest BCUT2D eigenvalue weighted by molar-refractivity contribution is 7.80. The number of thiol groups is 1. The van der Waals surface area contributed by atoms with Crippen LogP contribution in [0.25, 0.3) is 0 Å². The van der Waals surface area contributed by atoms with Crippen LogP contribution in [0.2, 0.25) is 0 Å². The second-order valence-electron chi connectivity index (χ2n) is 3.87. The third kappa shape index (κ3) is 2.00. The van der Waals surface area contributed by atoms with Gasteiger partial charge in [0.05, 0.1) is 6.04 Å². The lowest BCUT2D eigenvalue weighted by atomic mass is 10.1. The molecule has 2 rings (SSSR count). The van der Waals surface area contributed by atoms with Crippen molar-refractivity contribution in [2.24, 2.45) is 0 Å². The van der Waals surface area contributed by atoms with Crippen molar-refractivity contribution in [2.45, 2.75) is 6.04 Å². The van der Waals surface area contributed by atoms with E-state index in [9.17, 15) is 4.79 Å². The molecule has 0 aromatic carbocycles. The molecule has 1 aliphatic heterocycles. The van der Waals surface area contributed by atoms with Crippen LogP contribution in [0.1, 0.15) is 11.6 Å². The van der Waals surface area contributed by atoms with Crippen LogP contribution in [0.5, 0.6) is 0 Å². The molecule has 2 heterocycles. The molecule has 1 saturated heterocycles. The van der Waals surface area contributed by atoms with Gasteiger partial charge in [-0.25, -0.2) is 4.79 Å². The van der Waals surface area contributed by atoms with Gasteiger partial charge >= 0.3 is 6.03 Å². The average Bonchev–Trinajstić information content (AvgIpc) is 2.59. The first kappa shape index (κ1) is 11.3. The number of rotatable bonds is 3. The molecule has 0 bridgehead atoms.